The first-order valence-electron chi connectivity index (χ1n) is 1.65. The third-order valence-corrected chi connectivity index (χ3v) is 3.22. The highest BCUT2D eigenvalue weighted by Crippen LogP contribution is 2.07. The first kappa shape index (κ1) is 5.80. The van der Waals surface area contributed by atoms with Crippen molar-refractivity contribution in [1.29, 1.82) is 0 Å². The molecular weight excluding hydrogens is 318 g/mol. The predicted octanol–water partition coefficient (Wildman–Crippen LogP) is 1.62. The van der Waals surface area contributed by atoms with Crippen molar-refractivity contribution < 1.29 is 0 Å². The highest BCUT2D eigenvalue weighted by atomic mass is 127. The van der Waals surface area contributed by atoms with Gasteiger partial charge in [0.15, 0.2) is 0 Å². The standard InChI is InChI=1S/C3H2I2N2/c4-2-3(5)7-1-6-2/h1H,(H,6,7). The molecule has 0 saturated heterocycles. The Morgan fingerprint density at radius 3 is 2.43 bits per heavy atom. The summed E-state index contributed by atoms with van der Waals surface area (Å²) in [6.07, 6.45) is 1.68. The molecule has 0 aromatic carbocycles. The fourth-order valence-corrected chi connectivity index (χ4v) is 0.835. The molecule has 1 aromatic rings. The predicted molar refractivity (Wildman–Crippen MR) is 44.0 cm³/mol. The van der Waals surface area contributed by atoms with Crippen molar-refractivity contribution in [3.63, 3.8) is 0 Å². The van der Waals surface area contributed by atoms with Gasteiger partial charge in [0.25, 0.3) is 0 Å². The number of nitrogens with zero attached hydrogens (tertiary/aromatic N) is 1. The largest absolute Gasteiger partial charge is 0.339 e. The molecule has 0 radical (unpaired) electrons. The topological polar surface area (TPSA) is 28.7 Å². The molecule has 0 unspecified atom stereocenters. The van der Waals surface area contributed by atoms with Gasteiger partial charge in [-0.3, -0.25) is 0 Å². The zero-order valence-corrected chi connectivity index (χ0v) is 7.60. The van der Waals surface area contributed by atoms with Crippen LogP contribution in [-0.4, -0.2) is 9.97 Å². The number of halogens is 2. The summed E-state index contributed by atoms with van der Waals surface area (Å²) in [5.74, 6) is 0. The molecule has 1 heterocycles. The van der Waals surface area contributed by atoms with Gasteiger partial charge in [-0.25, -0.2) is 4.98 Å². The maximum absolute atomic E-state index is 3.94. The van der Waals surface area contributed by atoms with Gasteiger partial charge >= 0.3 is 0 Å². The second-order valence-electron chi connectivity index (χ2n) is 1.01. The summed E-state index contributed by atoms with van der Waals surface area (Å²) in [6, 6.07) is 0. The third-order valence-electron chi connectivity index (χ3n) is 0.550. The lowest BCUT2D eigenvalue weighted by atomic mass is 11.0. The lowest BCUT2D eigenvalue weighted by Crippen LogP contribution is -1.69. The summed E-state index contributed by atoms with van der Waals surface area (Å²) < 4.78 is 2.15. The average molecular weight is 320 g/mol. The van der Waals surface area contributed by atoms with E-state index in [4.69, 9.17) is 0 Å². The minimum atomic E-state index is 1.04. The Kier molecular flexibility index (Phi) is 1.90. The van der Waals surface area contributed by atoms with E-state index in [2.05, 4.69) is 55.1 Å². The van der Waals surface area contributed by atoms with Crippen LogP contribution in [0.1, 0.15) is 0 Å². The van der Waals surface area contributed by atoms with Gasteiger partial charge in [0.05, 0.1) is 6.33 Å². The van der Waals surface area contributed by atoms with Crippen LogP contribution in [0.2, 0.25) is 0 Å². The van der Waals surface area contributed by atoms with Crippen molar-refractivity contribution in [2.75, 3.05) is 0 Å². The van der Waals surface area contributed by atoms with Crippen molar-refractivity contribution in [2.24, 2.45) is 0 Å². The summed E-state index contributed by atoms with van der Waals surface area (Å²) in [5, 5.41) is 0. The van der Waals surface area contributed by atoms with Crippen molar-refractivity contribution >= 4 is 45.2 Å². The maximum atomic E-state index is 3.94. The summed E-state index contributed by atoms with van der Waals surface area (Å²) in [5.41, 5.74) is 0. The summed E-state index contributed by atoms with van der Waals surface area (Å²) in [4.78, 5) is 6.88. The van der Waals surface area contributed by atoms with E-state index in [9.17, 15) is 0 Å². The molecule has 0 bridgehead atoms. The quantitative estimate of drug-likeness (QED) is 0.723. The molecule has 0 saturated carbocycles. The Hall–Kier alpha value is 0.670. The van der Waals surface area contributed by atoms with E-state index >= 15 is 0 Å². The van der Waals surface area contributed by atoms with Gasteiger partial charge in [-0.05, 0) is 45.2 Å². The first-order chi connectivity index (χ1) is 3.30. The van der Waals surface area contributed by atoms with Gasteiger partial charge < -0.3 is 4.98 Å². The number of aromatic amines is 1. The molecule has 2 nitrogen and oxygen atoms in total. The highest BCUT2D eigenvalue weighted by molar-refractivity contribution is 14.1. The number of hydrogen-bond donors (Lipinski definition) is 1. The summed E-state index contributed by atoms with van der Waals surface area (Å²) in [6.45, 7) is 0. The molecule has 0 aliphatic carbocycles. The van der Waals surface area contributed by atoms with E-state index in [1.54, 1.807) is 6.33 Å². The van der Waals surface area contributed by atoms with Crippen LogP contribution in [0.15, 0.2) is 6.33 Å². The molecule has 0 spiro atoms. The van der Waals surface area contributed by atoms with Crippen LogP contribution in [0.4, 0.5) is 0 Å². The van der Waals surface area contributed by atoms with E-state index in [0.717, 1.165) is 7.40 Å². The number of H-pyrrole nitrogens is 1. The molecule has 1 aromatic heterocycles. The van der Waals surface area contributed by atoms with Crippen LogP contribution >= 0.6 is 45.2 Å². The first-order valence-corrected chi connectivity index (χ1v) is 3.81. The lowest BCUT2D eigenvalue weighted by Gasteiger charge is -1.74. The molecule has 0 aliphatic rings. The van der Waals surface area contributed by atoms with Gasteiger partial charge in [0, 0.05) is 0 Å². The van der Waals surface area contributed by atoms with Crippen LogP contribution < -0.4 is 0 Å². The van der Waals surface area contributed by atoms with E-state index in [1.165, 1.54) is 0 Å². The summed E-state index contributed by atoms with van der Waals surface area (Å²) in [7, 11) is 0. The van der Waals surface area contributed by atoms with Crippen LogP contribution in [0, 0.1) is 7.40 Å². The van der Waals surface area contributed by atoms with Crippen molar-refractivity contribution in [1.82, 2.24) is 9.97 Å². The van der Waals surface area contributed by atoms with E-state index < -0.39 is 0 Å². The van der Waals surface area contributed by atoms with E-state index in [0.29, 0.717) is 0 Å². The van der Waals surface area contributed by atoms with Crippen LogP contribution in [0.25, 0.3) is 0 Å². The molecule has 0 atom stereocenters. The monoisotopic (exact) mass is 320 g/mol. The van der Waals surface area contributed by atoms with Gasteiger partial charge in [-0.15, -0.1) is 0 Å². The fourth-order valence-electron chi connectivity index (χ4n) is 0.262. The van der Waals surface area contributed by atoms with Gasteiger partial charge in [-0.2, -0.15) is 0 Å². The van der Waals surface area contributed by atoms with E-state index in [-0.39, 0.29) is 0 Å². The Bertz CT molecular complexity index is 143. The van der Waals surface area contributed by atoms with E-state index in [1.807, 2.05) is 0 Å². The molecule has 0 amide bonds. The zero-order valence-electron chi connectivity index (χ0n) is 3.28. The Labute approximate surface area is 68.4 Å². The third kappa shape index (κ3) is 1.28. The molecule has 0 aliphatic heterocycles. The van der Waals surface area contributed by atoms with Gasteiger partial charge in [-0.1, -0.05) is 0 Å². The second-order valence-corrected chi connectivity index (χ2v) is 3.11. The average Bonchev–Trinajstić information content (AvgIpc) is 1.91. The number of aromatic nitrogens is 2. The molecule has 0 fully saturated rings. The van der Waals surface area contributed by atoms with Gasteiger partial charge in [0.2, 0.25) is 0 Å². The zero-order chi connectivity index (χ0) is 5.28. The molecule has 1 N–H and O–H groups in total. The van der Waals surface area contributed by atoms with Crippen molar-refractivity contribution in [2.45, 2.75) is 0 Å². The minimum absolute atomic E-state index is 1.04. The maximum Gasteiger partial charge on any atom is 0.132 e. The molecule has 38 valence electrons. The molecule has 4 heteroatoms. The van der Waals surface area contributed by atoms with Crippen molar-refractivity contribution in [3.8, 4) is 0 Å². The Morgan fingerprint density at radius 2 is 2.29 bits per heavy atom. The number of rotatable bonds is 0. The highest BCUT2D eigenvalue weighted by Gasteiger charge is 1.92. The number of nitrogens with one attached hydrogen (secondary N) is 1. The Balaban J connectivity index is 3.12. The normalized spacial score (nSPS) is 9.43. The van der Waals surface area contributed by atoms with Crippen LogP contribution in [0.5, 0.6) is 0 Å². The minimum Gasteiger partial charge on any atom is -0.339 e. The summed E-state index contributed by atoms with van der Waals surface area (Å²) >= 11 is 4.36. The molecule has 1 rings (SSSR count). The second kappa shape index (κ2) is 2.29. The van der Waals surface area contributed by atoms with Gasteiger partial charge in [0.1, 0.15) is 7.40 Å². The Morgan fingerprint density at radius 1 is 1.57 bits per heavy atom. The SMILES string of the molecule is Ic1nc[nH]c1I. The van der Waals surface area contributed by atoms with Crippen LogP contribution in [0.3, 0.4) is 0 Å². The van der Waals surface area contributed by atoms with Crippen molar-refractivity contribution in [3.05, 3.63) is 13.7 Å². The molecular formula is C3H2I2N2. The lowest BCUT2D eigenvalue weighted by molar-refractivity contribution is 1.29. The molecule has 7 heavy (non-hydrogen) atoms. The fraction of sp³-hybridized carbons (Fsp3) is 0. The smallest absolute Gasteiger partial charge is 0.132 e. The number of hydrogen-bond acceptors (Lipinski definition) is 1. The van der Waals surface area contributed by atoms with Crippen LogP contribution in [-0.2, 0) is 0 Å². The number of imidazole rings is 1.